The van der Waals surface area contributed by atoms with E-state index in [9.17, 15) is 9.59 Å². The van der Waals surface area contributed by atoms with Gasteiger partial charge in [-0.3, -0.25) is 10.1 Å². The zero-order valence-electron chi connectivity index (χ0n) is 13.9. The lowest BCUT2D eigenvalue weighted by Gasteiger charge is -2.18. The second-order valence-corrected chi connectivity index (χ2v) is 7.45. The van der Waals surface area contributed by atoms with Crippen LogP contribution in [0.2, 0.25) is 0 Å². The Morgan fingerprint density at radius 2 is 2.24 bits per heavy atom. The number of thiocarbonyl (C=S) groups is 1. The van der Waals surface area contributed by atoms with Gasteiger partial charge in [0.25, 0.3) is 5.91 Å². The van der Waals surface area contributed by atoms with E-state index < -0.39 is 11.9 Å². The summed E-state index contributed by atoms with van der Waals surface area (Å²) in [6, 6.07) is 3.16. The summed E-state index contributed by atoms with van der Waals surface area (Å²) in [5.74, 6) is -0.0986. The van der Waals surface area contributed by atoms with Gasteiger partial charge in [-0.2, -0.15) is 0 Å². The molecule has 6 nitrogen and oxygen atoms in total. The molecule has 1 amide bonds. The number of furan rings is 1. The highest BCUT2D eigenvalue weighted by molar-refractivity contribution is 7.80. The molecule has 0 aliphatic heterocycles. The molecule has 132 valence electrons. The number of hydrogen-bond donors (Lipinski definition) is 2. The summed E-state index contributed by atoms with van der Waals surface area (Å²) >= 11 is 6.69. The maximum atomic E-state index is 12.2. The van der Waals surface area contributed by atoms with Gasteiger partial charge in [0.05, 0.1) is 18.9 Å². The van der Waals surface area contributed by atoms with Crippen molar-refractivity contribution in [2.45, 2.75) is 26.2 Å². The number of carbonyl (C=O) groups excluding carboxylic acids is 2. The van der Waals surface area contributed by atoms with Crippen LogP contribution in [0.25, 0.3) is 0 Å². The third kappa shape index (κ3) is 3.74. The lowest BCUT2D eigenvalue weighted by molar-refractivity contribution is 0.0600. The van der Waals surface area contributed by atoms with E-state index in [0.717, 1.165) is 24.8 Å². The van der Waals surface area contributed by atoms with Crippen LogP contribution in [-0.4, -0.2) is 24.1 Å². The van der Waals surface area contributed by atoms with Gasteiger partial charge in [0.15, 0.2) is 10.9 Å². The van der Waals surface area contributed by atoms with E-state index in [2.05, 4.69) is 17.6 Å². The smallest absolute Gasteiger partial charge is 0.341 e. The first-order valence-electron chi connectivity index (χ1n) is 7.88. The van der Waals surface area contributed by atoms with E-state index in [1.54, 1.807) is 12.1 Å². The van der Waals surface area contributed by atoms with E-state index in [4.69, 9.17) is 21.4 Å². The Bertz CT molecular complexity index is 811. The molecule has 0 radical (unpaired) electrons. The van der Waals surface area contributed by atoms with Gasteiger partial charge in [0.1, 0.15) is 5.00 Å². The van der Waals surface area contributed by atoms with E-state index in [-0.39, 0.29) is 10.9 Å². The minimum Gasteiger partial charge on any atom is -0.465 e. The molecule has 2 heterocycles. The van der Waals surface area contributed by atoms with Crippen molar-refractivity contribution in [3.05, 3.63) is 40.2 Å². The zero-order valence-corrected chi connectivity index (χ0v) is 15.5. The van der Waals surface area contributed by atoms with Crippen molar-refractivity contribution in [3.8, 4) is 0 Å². The third-order valence-corrected chi connectivity index (χ3v) is 5.47. The summed E-state index contributed by atoms with van der Waals surface area (Å²) < 4.78 is 9.96. The standard InChI is InChI=1S/C17H18N2O4S2/c1-9-5-6-10-12(8-9)25-15(13(10)16(21)22-2)19-17(24)18-14(20)11-4-3-7-23-11/h3-4,7,9H,5-6,8H2,1-2H3,(H2,18,19,20,24). The highest BCUT2D eigenvalue weighted by Crippen LogP contribution is 2.39. The predicted octanol–water partition coefficient (Wildman–Crippen LogP) is 3.38. The average Bonchev–Trinajstić information content (AvgIpc) is 3.21. The molecular weight excluding hydrogens is 360 g/mol. The maximum Gasteiger partial charge on any atom is 0.341 e. The van der Waals surface area contributed by atoms with Crippen LogP contribution < -0.4 is 10.6 Å². The highest BCUT2D eigenvalue weighted by Gasteiger charge is 2.28. The molecule has 8 heteroatoms. The first kappa shape index (κ1) is 17.6. The Labute approximate surface area is 154 Å². The fourth-order valence-corrected chi connectivity index (χ4v) is 4.53. The molecule has 2 aromatic heterocycles. The second-order valence-electron chi connectivity index (χ2n) is 5.93. The summed E-state index contributed by atoms with van der Waals surface area (Å²) in [4.78, 5) is 25.4. The Balaban J connectivity index is 1.80. The maximum absolute atomic E-state index is 12.2. The topological polar surface area (TPSA) is 80.6 Å². The Morgan fingerprint density at radius 3 is 2.92 bits per heavy atom. The molecule has 0 bridgehead atoms. The molecule has 25 heavy (non-hydrogen) atoms. The van der Waals surface area contributed by atoms with Crippen LogP contribution >= 0.6 is 23.6 Å². The molecule has 1 unspecified atom stereocenters. The van der Waals surface area contributed by atoms with Gasteiger partial charge in [-0.25, -0.2) is 4.79 Å². The number of nitrogens with one attached hydrogen (secondary N) is 2. The van der Waals surface area contributed by atoms with Crippen LogP contribution in [0, 0.1) is 5.92 Å². The quantitative estimate of drug-likeness (QED) is 0.630. The van der Waals surface area contributed by atoms with Crippen molar-refractivity contribution in [2.24, 2.45) is 5.92 Å². The van der Waals surface area contributed by atoms with Crippen LogP contribution in [0.5, 0.6) is 0 Å². The Hall–Kier alpha value is -2.19. The number of hydrogen-bond acceptors (Lipinski definition) is 6. The number of esters is 1. The van der Waals surface area contributed by atoms with Crippen molar-refractivity contribution < 1.29 is 18.7 Å². The predicted molar refractivity (Wildman–Crippen MR) is 99.2 cm³/mol. The van der Waals surface area contributed by atoms with Crippen molar-refractivity contribution >= 4 is 45.5 Å². The summed E-state index contributed by atoms with van der Waals surface area (Å²) in [5.41, 5.74) is 1.54. The molecule has 3 rings (SSSR count). The average molecular weight is 378 g/mol. The SMILES string of the molecule is COC(=O)c1c(NC(=S)NC(=O)c2ccco2)sc2c1CCC(C)C2. The van der Waals surface area contributed by atoms with Gasteiger partial charge >= 0.3 is 5.97 Å². The first-order chi connectivity index (χ1) is 12.0. The summed E-state index contributed by atoms with van der Waals surface area (Å²) in [7, 11) is 1.36. The summed E-state index contributed by atoms with van der Waals surface area (Å²) in [6.45, 7) is 2.20. The number of ether oxygens (including phenoxy) is 1. The molecule has 2 N–H and O–H groups in total. The Kier molecular flexibility index (Phi) is 5.19. The molecule has 2 aromatic rings. The van der Waals surface area contributed by atoms with Crippen molar-refractivity contribution in [3.63, 3.8) is 0 Å². The van der Waals surface area contributed by atoms with Gasteiger partial charge in [0.2, 0.25) is 0 Å². The van der Waals surface area contributed by atoms with Crippen molar-refractivity contribution in [2.75, 3.05) is 12.4 Å². The van der Waals surface area contributed by atoms with Crippen LogP contribution in [0.4, 0.5) is 5.00 Å². The van der Waals surface area contributed by atoms with E-state index >= 15 is 0 Å². The number of carbonyl (C=O) groups is 2. The van der Waals surface area contributed by atoms with E-state index in [0.29, 0.717) is 16.5 Å². The lowest BCUT2D eigenvalue weighted by Crippen LogP contribution is -2.34. The third-order valence-electron chi connectivity index (χ3n) is 4.10. The van der Waals surface area contributed by atoms with Crippen LogP contribution in [-0.2, 0) is 17.6 Å². The van der Waals surface area contributed by atoms with E-state index in [1.807, 2.05) is 0 Å². The molecular formula is C17H18N2O4S2. The number of rotatable bonds is 3. The number of fused-ring (bicyclic) bond motifs is 1. The zero-order chi connectivity index (χ0) is 18.0. The Morgan fingerprint density at radius 1 is 1.44 bits per heavy atom. The van der Waals surface area contributed by atoms with Crippen molar-refractivity contribution in [1.29, 1.82) is 0 Å². The normalized spacial score (nSPS) is 16.0. The van der Waals surface area contributed by atoms with Crippen LogP contribution in [0.1, 0.15) is 44.7 Å². The molecule has 0 saturated heterocycles. The minimum atomic E-state index is -0.447. The highest BCUT2D eigenvalue weighted by atomic mass is 32.1. The van der Waals surface area contributed by atoms with E-state index in [1.165, 1.54) is 29.6 Å². The molecule has 0 spiro atoms. The van der Waals surface area contributed by atoms with Crippen molar-refractivity contribution in [1.82, 2.24) is 5.32 Å². The molecule has 0 saturated carbocycles. The van der Waals surface area contributed by atoms with Gasteiger partial charge in [-0.05, 0) is 55.1 Å². The number of thiophene rings is 1. The molecule has 1 aliphatic carbocycles. The fourth-order valence-electron chi connectivity index (χ4n) is 2.86. The van der Waals surface area contributed by atoms with Gasteiger partial charge in [-0.1, -0.05) is 6.92 Å². The van der Waals surface area contributed by atoms with Gasteiger partial charge in [0, 0.05) is 4.88 Å². The first-order valence-corrected chi connectivity index (χ1v) is 9.10. The van der Waals surface area contributed by atoms with Gasteiger partial charge in [-0.15, -0.1) is 11.3 Å². The molecule has 1 aliphatic rings. The number of amides is 1. The monoisotopic (exact) mass is 378 g/mol. The second kappa shape index (κ2) is 7.37. The fraction of sp³-hybridized carbons (Fsp3) is 0.353. The van der Waals surface area contributed by atoms with Gasteiger partial charge < -0.3 is 14.5 Å². The number of methoxy groups -OCH3 is 1. The van der Waals surface area contributed by atoms with Crippen LogP contribution in [0.15, 0.2) is 22.8 Å². The lowest BCUT2D eigenvalue weighted by atomic mass is 9.88. The largest absolute Gasteiger partial charge is 0.465 e. The summed E-state index contributed by atoms with van der Waals surface area (Å²) in [5, 5.41) is 6.23. The number of anilines is 1. The molecule has 1 atom stereocenters. The van der Waals surface area contributed by atoms with Crippen LogP contribution in [0.3, 0.4) is 0 Å². The molecule has 0 aromatic carbocycles. The minimum absolute atomic E-state index is 0.109. The molecule has 0 fully saturated rings. The summed E-state index contributed by atoms with van der Waals surface area (Å²) in [6.07, 6.45) is 4.21.